The molecule has 0 fully saturated rings. The number of carbonyl (C=O) groups is 1. The predicted octanol–water partition coefficient (Wildman–Crippen LogP) is 3.67. The van der Waals surface area contributed by atoms with E-state index in [9.17, 15) is 13.2 Å². The number of nitrogens with zero attached hydrogens (tertiary/aromatic N) is 1. The highest BCUT2D eigenvalue weighted by molar-refractivity contribution is 7.92. The first-order chi connectivity index (χ1) is 12.9. The van der Waals surface area contributed by atoms with Gasteiger partial charge in [0.05, 0.1) is 11.4 Å². The van der Waals surface area contributed by atoms with E-state index in [1.807, 2.05) is 56.3 Å². The van der Waals surface area contributed by atoms with Crippen LogP contribution in [0.3, 0.4) is 0 Å². The summed E-state index contributed by atoms with van der Waals surface area (Å²) in [6.07, 6.45) is 2.43. The quantitative estimate of drug-likeness (QED) is 0.824. The molecular weight excluding hydrogens is 360 g/mol. The molecule has 0 unspecified atom stereocenters. The lowest BCUT2D eigenvalue weighted by Crippen LogP contribution is -2.37. The van der Waals surface area contributed by atoms with Crippen LogP contribution in [0.4, 0.5) is 11.4 Å². The Balaban J connectivity index is 1.69. The first-order valence-corrected chi connectivity index (χ1v) is 11.0. The van der Waals surface area contributed by atoms with Crippen molar-refractivity contribution in [2.75, 3.05) is 21.9 Å². The monoisotopic (exact) mass is 386 g/mol. The summed E-state index contributed by atoms with van der Waals surface area (Å²) in [6, 6.07) is 13.5. The molecule has 144 valence electrons. The van der Waals surface area contributed by atoms with Crippen LogP contribution in [0.2, 0.25) is 0 Å². The number of anilines is 2. The van der Waals surface area contributed by atoms with Crippen molar-refractivity contribution in [1.82, 2.24) is 0 Å². The van der Waals surface area contributed by atoms with Crippen molar-refractivity contribution in [3.8, 4) is 0 Å². The molecule has 0 atom stereocenters. The van der Waals surface area contributed by atoms with E-state index >= 15 is 0 Å². The summed E-state index contributed by atoms with van der Waals surface area (Å²) in [5.41, 5.74) is 4.62. The fourth-order valence-electron chi connectivity index (χ4n) is 3.52. The SMILES string of the molecule is CCc1cccc(C)c1NC(=O)CCS(=O)(=O)N1CCCc2ccccc21. The van der Waals surface area contributed by atoms with Crippen molar-refractivity contribution in [2.24, 2.45) is 0 Å². The Kier molecular flexibility index (Phi) is 5.85. The molecular formula is C21H26N2O3S. The van der Waals surface area contributed by atoms with Crippen LogP contribution in [0.5, 0.6) is 0 Å². The lowest BCUT2D eigenvalue weighted by atomic mass is 10.0. The maximum Gasteiger partial charge on any atom is 0.235 e. The molecule has 0 saturated heterocycles. The largest absolute Gasteiger partial charge is 0.326 e. The fourth-order valence-corrected chi connectivity index (χ4v) is 5.07. The van der Waals surface area contributed by atoms with Gasteiger partial charge in [-0.05, 0) is 48.9 Å². The molecule has 2 aromatic carbocycles. The summed E-state index contributed by atoms with van der Waals surface area (Å²) < 4.78 is 27.1. The minimum absolute atomic E-state index is 0.0571. The average molecular weight is 387 g/mol. The Labute approximate surface area is 161 Å². The first kappa shape index (κ1) is 19.4. The van der Waals surface area contributed by atoms with Gasteiger partial charge in [0.2, 0.25) is 15.9 Å². The van der Waals surface area contributed by atoms with E-state index in [4.69, 9.17) is 0 Å². The fraction of sp³-hybridized carbons (Fsp3) is 0.381. The van der Waals surface area contributed by atoms with Gasteiger partial charge in [-0.25, -0.2) is 8.42 Å². The van der Waals surface area contributed by atoms with Crippen LogP contribution in [0, 0.1) is 6.92 Å². The Morgan fingerprint density at radius 1 is 1.15 bits per heavy atom. The highest BCUT2D eigenvalue weighted by Gasteiger charge is 2.27. The summed E-state index contributed by atoms with van der Waals surface area (Å²) in [7, 11) is -3.54. The van der Waals surface area contributed by atoms with Gasteiger partial charge in [-0.2, -0.15) is 0 Å². The summed E-state index contributed by atoms with van der Waals surface area (Å²) in [5.74, 6) is -0.464. The smallest absolute Gasteiger partial charge is 0.235 e. The van der Waals surface area contributed by atoms with E-state index in [0.717, 1.165) is 47.3 Å². The van der Waals surface area contributed by atoms with Gasteiger partial charge in [0.25, 0.3) is 0 Å². The molecule has 5 nitrogen and oxygen atoms in total. The van der Waals surface area contributed by atoms with E-state index < -0.39 is 10.0 Å². The van der Waals surface area contributed by atoms with E-state index in [0.29, 0.717) is 6.54 Å². The van der Waals surface area contributed by atoms with E-state index in [1.165, 1.54) is 4.31 Å². The lowest BCUT2D eigenvalue weighted by molar-refractivity contribution is -0.115. The summed E-state index contributed by atoms with van der Waals surface area (Å²) >= 11 is 0. The number of para-hydroxylation sites is 2. The minimum Gasteiger partial charge on any atom is -0.326 e. The maximum absolute atomic E-state index is 12.8. The van der Waals surface area contributed by atoms with Crippen LogP contribution in [-0.4, -0.2) is 26.6 Å². The van der Waals surface area contributed by atoms with E-state index in [-0.39, 0.29) is 18.1 Å². The number of nitrogens with one attached hydrogen (secondary N) is 1. The lowest BCUT2D eigenvalue weighted by Gasteiger charge is -2.30. The van der Waals surface area contributed by atoms with Crippen molar-refractivity contribution in [2.45, 2.75) is 39.5 Å². The normalized spacial score (nSPS) is 13.9. The number of sulfonamides is 1. The van der Waals surface area contributed by atoms with Gasteiger partial charge in [0, 0.05) is 18.7 Å². The number of fused-ring (bicyclic) bond motifs is 1. The molecule has 3 rings (SSSR count). The summed E-state index contributed by atoms with van der Waals surface area (Å²) in [6.45, 7) is 4.44. The van der Waals surface area contributed by atoms with Crippen LogP contribution in [0.1, 0.15) is 36.5 Å². The maximum atomic E-state index is 12.8. The molecule has 1 amide bonds. The van der Waals surface area contributed by atoms with Crippen molar-refractivity contribution >= 4 is 27.3 Å². The van der Waals surface area contributed by atoms with Crippen LogP contribution < -0.4 is 9.62 Å². The number of rotatable bonds is 6. The Hall–Kier alpha value is -2.34. The number of hydrogen-bond donors (Lipinski definition) is 1. The standard InChI is InChI=1S/C21H26N2O3S/c1-3-17-10-6-8-16(2)21(17)22-20(24)13-15-27(25,26)23-14-7-11-18-9-4-5-12-19(18)23/h4-6,8-10,12H,3,7,11,13-15H2,1-2H3,(H,22,24). The number of benzene rings is 2. The highest BCUT2D eigenvalue weighted by Crippen LogP contribution is 2.29. The van der Waals surface area contributed by atoms with Crippen LogP contribution in [0.15, 0.2) is 42.5 Å². The molecule has 1 heterocycles. The molecule has 0 radical (unpaired) electrons. The minimum atomic E-state index is -3.54. The van der Waals surface area contributed by atoms with Gasteiger partial charge in [0.1, 0.15) is 0 Å². The second-order valence-corrected chi connectivity index (χ2v) is 8.89. The molecule has 0 aromatic heterocycles. The van der Waals surface area contributed by atoms with Crippen molar-refractivity contribution in [3.63, 3.8) is 0 Å². The second kappa shape index (κ2) is 8.13. The van der Waals surface area contributed by atoms with Crippen LogP contribution in [-0.2, 0) is 27.7 Å². The highest BCUT2D eigenvalue weighted by atomic mass is 32.2. The third kappa shape index (κ3) is 4.33. The van der Waals surface area contributed by atoms with Gasteiger partial charge in [-0.3, -0.25) is 9.10 Å². The molecule has 1 aliphatic heterocycles. The number of carbonyl (C=O) groups excluding carboxylic acids is 1. The van der Waals surface area contributed by atoms with Crippen molar-refractivity contribution in [3.05, 3.63) is 59.2 Å². The topological polar surface area (TPSA) is 66.5 Å². The predicted molar refractivity (Wildman–Crippen MR) is 110 cm³/mol. The molecule has 2 aromatic rings. The van der Waals surface area contributed by atoms with Crippen LogP contribution >= 0.6 is 0 Å². The summed E-state index contributed by atoms with van der Waals surface area (Å²) in [4.78, 5) is 12.4. The molecule has 1 N–H and O–H groups in total. The Morgan fingerprint density at radius 3 is 2.70 bits per heavy atom. The van der Waals surface area contributed by atoms with Crippen LogP contribution in [0.25, 0.3) is 0 Å². The number of hydrogen-bond acceptors (Lipinski definition) is 3. The second-order valence-electron chi connectivity index (χ2n) is 6.88. The zero-order valence-corrected chi connectivity index (χ0v) is 16.7. The number of amides is 1. The Morgan fingerprint density at radius 2 is 1.93 bits per heavy atom. The third-order valence-corrected chi connectivity index (χ3v) is 6.77. The molecule has 0 aliphatic carbocycles. The third-order valence-electron chi connectivity index (χ3n) is 4.99. The Bertz CT molecular complexity index is 938. The molecule has 27 heavy (non-hydrogen) atoms. The van der Waals surface area contributed by atoms with Crippen molar-refractivity contribution in [1.29, 1.82) is 0 Å². The molecule has 0 bridgehead atoms. The van der Waals surface area contributed by atoms with Gasteiger partial charge in [-0.15, -0.1) is 0 Å². The van der Waals surface area contributed by atoms with Gasteiger partial charge < -0.3 is 5.32 Å². The average Bonchev–Trinajstić information content (AvgIpc) is 2.67. The number of aryl methyl sites for hydroxylation is 3. The molecule has 0 spiro atoms. The zero-order chi connectivity index (χ0) is 19.4. The van der Waals surface area contributed by atoms with Gasteiger partial charge >= 0.3 is 0 Å². The van der Waals surface area contributed by atoms with Gasteiger partial charge in [0.15, 0.2) is 0 Å². The van der Waals surface area contributed by atoms with Gasteiger partial charge in [-0.1, -0.05) is 43.3 Å². The van der Waals surface area contributed by atoms with E-state index in [1.54, 1.807) is 0 Å². The zero-order valence-electron chi connectivity index (χ0n) is 15.9. The summed E-state index contributed by atoms with van der Waals surface area (Å²) in [5, 5.41) is 2.90. The van der Waals surface area contributed by atoms with E-state index in [2.05, 4.69) is 5.32 Å². The van der Waals surface area contributed by atoms with Crippen molar-refractivity contribution < 1.29 is 13.2 Å². The molecule has 0 saturated carbocycles. The molecule has 1 aliphatic rings. The first-order valence-electron chi connectivity index (χ1n) is 9.39. The molecule has 6 heteroatoms.